The molecule has 3 rings (SSSR count). The zero-order valence-corrected chi connectivity index (χ0v) is 17.7. The van der Waals surface area contributed by atoms with Gasteiger partial charge >= 0.3 is 0 Å². The molecule has 160 valence electrons. The Bertz CT molecular complexity index is 695. The molecule has 0 aromatic heterocycles. The molecule has 0 spiro atoms. The maximum Gasteiger partial charge on any atom is 0.245 e. The number of amides is 2. The number of benzene rings is 1. The van der Waals surface area contributed by atoms with Gasteiger partial charge in [0.05, 0.1) is 5.69 Å². The monoisotopic (exact) mass is 403 g/mol. The van der Waals surface area contributed by atoms with E-state index in [2.05, 4.69) is 19.2 Å². The molecule has 2 fully saturated rings. The van der Waals surface area contributed by atoms with Crippen LogP contribution >= 0.6 is 0 Å². The molecule has 1 saturated carbocycles. The topological polar surface area (TPSA) is 52.7 Å². The number of nitrogens with zero attached hydrogens (tertiary/aromatic N) is 2. The SMILES string of the molecule is CC(C)C[C@@H](NC(=O)C1CCCCC1)C(=O)N1CCN(c2ccccc2F)CC1. The number of hydrogen-bond acceptors (Lipinski definition) is 3. The van der Waals surface area contributed by atoms with Crippen LogP contribution in [0.5, 0.6) is 0 Å². The third-order valence-electron chi connectivity index (χ3n) is 6.08. The molecule has 5 nitrogen and oxygen atoms in total. The molecule has 1 saturated heterocycles. The van der Waals surface area contributed by atoms with E-state index in [1.165, 1.54) is 12.5 Å². The van der Waals surface area contributed by atoms with Crippen molar-refractivity contribution in [1.82, 2.24) is 10.2 Å². The van der Waals surface area contributed by atoms with E-state index in [1.807, 2.05) is 15.9 Å². The van der Waals surface area contributed by atoms with Gasteiger partial charge in [0.1, 0.15) is 11.9 Å². The third kappa shape index (κ3) is 5.71. The van der Waals surface area contributed by atoms with Crippen molar-refractivity contribution in [3.63, 3.8) is 0 Å². The van der Waals surface area contributed by atoms with Gasteiger partial charge in [-0.3, -0.25) is 9.59 Å². The van der Waals surface area contributed by atoms with Gasteiger partial charge in [-0.1, -0.05) is 45.2 Å². The Morgan fingerprint density at radius 1 is 1.07 bits per heavy atom. The second-order valence-corrected chi connectivity index (χ2v) is 8.79. The lowest BCUT2D eigenvalue weighted by molar-refractivity contribution is -0.138. The molecule has 1 atom stereocenters. The van der Waals surface area contributed by atoms with Crippen LogP contribution in [0.15, 0.2) is 24.3 Å². The highest BCUT2D eigenvalue weighted by molar-refractivity contribution is 5.88. The summed E-state index contributed by atoms with van der Waals surface area (Å²) in [5.41, 5.74) is 0.587. The summed E-state index contributed by atoms with van der Waals surface area (Å²) >= 11 is 0. The number of para-hydroxylation sites is 1. The molecule has 1 aliphatic carbocycles. The Hall–Kier alpha value is -2.11. The normalized spacial score (nSPS) is 19.3. The summed E-state index contributed by atoms with van der Waals surface area (Å²) in [4.78, 5) is 29.7. The molecule has 1 aromatic rings. The van der Waals surface area contributed by atoms with E-state index < -0.39 is 6.04 Å². The number of carbonyl (C=O) groups excluding carboxylic acids is 2. The highest BCUT2D eigenvalue weighted by Gasteiger charge is 2.31. The van der Waals surface area contributed by atoms with Gasteiger partial charge in [0, 0.05) is 32.1 Å². The van der Waals surface area contributed by atoms with Gasteiger partial charge in [0.15, 0.2) is 0 Å². The Labute approximate surface area is 173 Å². The summed E-state index contributed by atoms with van der Waals surface area (Å²) in [7, 11) is 0. The summed E-state index contributed by atoms with van der Waals surface area (Å²) in [6.07, 6.45) is 5.89. The molecular formula is C23H34FN3O2. The van der Waals surface area contributed by atoms with Crippen LogP contribution in [-0.2, 0) is 9.59 Å². The average Bonchev–Trinajstić information content (AvgIpc) is 2.73. The molecular weight excluding hydrogens is 369 g/mol. The van der Waals surface area contributed by atoms with Crippen molar-refractivity contribution in [2.24, 2.45) is 11.8 Å². The first kappa shape index (κ1) is 21.6. The van der Waals surface area contributed by atoms with Crippen LogP contribution < -0.4 is 10.2 Å². The fourth-order valence-corrected chi connectivity index (χ4v) is 4.44. The lowest BCUT2D eigenvalue weighted by atomic mass is 9.88. The lowest BCUT2D eigenvalue weighted by Crippen LogP contribution is -2.56. The fourth-order valence-electron chi connectivity index (χ4n) is 4.44. The van der Waals surface area contributed by atoms with Crippen molar-refractivity contribution in [3.8, 4) is 0 Å². The van der Waals surface area contributed by atoms with E-state index in [9.17, 15) is 14.0 Å². The highest BCUT2D eigenvalue weighted by Crippen LogP contribution is 2.24. The summed E-state index contributed by atoms with van der Waals surface area (Å²) in [6.45, 7) is 6.42. The van der Waals surface area contributed by atoms with Gasteiger partial charge < -0.3 is 15.1 Å². The Morgan fingerprint density at radius 3 is 2.34 bits per heavy atom. The van der Waals surface area contributed by atoms with E-state index in [4.69, 9.17) is 0 Å². The predicted octanol–water partition coefficient (Wildman–Crippen LogP) is 3.59. The van der Waals surface area contributed by atoms with Crippen molar-refractivity contribution < 1.29 is 14.0 Å². The van der Waals surface area contributed by atoms with Gasteiger partial charge in [-0.25, -0.2) is 4.39 Å². The largest absolute Gasteiger partial charge is 0.366 e. The number of nitrogens with one attached hydrogen (secondary N) is 1. The molecule has 0 radical (unpaired) electrons. The molecule has 29 heavy (non-hydrogen) atoms. The Kier molecular flexibility index (Phi) is 7.51. The Balaban J connectivity index is 1.59. The van der Waals surface area contributed by atoms with Crippen molar-refractivity contribution in [1.29, 1.82) is 0 Å². The summed E-state index contributed by atoms with van der Waals surface area (Å²) in [6, 6.07) is 6.29. The van der Waals surface area contributed by atoms with Crippen LogP contribution in [0.25, 0.3) is 0 Å². The molecule has 6 heteroatoms. The molecule has 1 aliphatic heterocycles. The number of piperazine rings is 1. The molecule has 0 unspecified atom stereocenters. The third-order valence-corrected chi connectivity index (χ3v) is 6.08. The molecule has 2 aliphatic rings. The van der Waals surface area contributed by atoms with Crippen LogP contribution in [0.4, 0.5) is 10.1 Å². The number of hydrogen-bond donors (Lipinski definition) is 1. The second kappa shape index (κ2) is 10.1. The standard InChI is InChI=1S/C23H34FN3O2/c1-17(2)16-20(25-22(28)18-8-4-3-5-9-18)23(29)27-14-12-26(13-15-27)21-11-7-6-10-19(21)24/h6-7,10-11,17-18,20H,3-5,8-9,12-16H2,1-2H3,(H,25,28)/t20-/m1/s1. The maximum absolute atomic E-state index is 14.1. The number of anilines is 1. The molecule has 0 bridgehead atoms. The number of carbonyl (C=O) groups is 2. The zero-order chi connectivity index (χ0) is 20.8. The molecule has 1 aromatic carbocycles. The summed E-state index contributed by atoms with van der Waals surface area (Å²) in [5, 5.41) is 3.06. The van der Waals surface area contributed by atoms with Crippen molar-refractivity contribution in [3.05, 3.63) is 30.1 Å². The fraction of sp³-hybridized carbons (Fsp3) is 0.652. The van der Waals surface area contributed by atoms with Crippen LogP contribution in [-0.4, -0.2) is 48.9 Å². The first-order chi connectivity index (χ1) is 14.0. The van der Waals surface area contributed by atoms with E-state index in [1.54, 1.807) is 12.1 Å². The minimum Gasteiger partial charge on any atom is -0.366 e. The minimum absolute atomic E-state index is 0.00366. The maximum atomic E-state index is 14.1. The van der Waals surface area contributed by atoms with Gasteiger partial charge in [-0.15, -0.1) is 0 Å². The van der Waals surface area contributed by atoms with Gasteiger partial charge in [0.2, 0.25) is 11.8 Å². The molecule has 1 heterocycles. The number of halogens is 1. The van der Waals surface area contributed by atoms with Crippen molar-refractivity contribution in [2.75, 3.05) is 31.1 Å². The van der Waals surface area contributed by atoms with Crippen LogP contribution in [0.2, 0.25) is 0 Å². The second-order valence-electron chi connectivity index (χ2n) is 8.79. The smallest absolute Gasteiger partial charge is 0.245 e. The molecule has 2 amide bonds. The van der Waals surface area contributed by atoms with E-state index >= 15 is 0 Å². The zero-order valence-electron chi connectivity index (χ0n) is 17.7. The average molecular weight is 404 g/mol. The lowest BCUT2D eigenvalue weighted by Gasteiger charge is -2.38. The van der Waals surface area contributed by atoms with E-state index in [0.29, 0.717) is 44.2 Å². The van der Waals surface area contributed by atoms with Gasteiger partial charge in [-0.05, 0) is 37.3 Å². The van der Waals surface area contributed by atoms with Crippen LogP contribution in [0.1, 0.15) is 52.4 Å². The van der Waals surface area contributed by atoms with Crippen LogP contribution in [0.3, 0.4) is 0 Å². The minimum atomic E-state index is -0.468. The first-order valence-electron chi connectivity index (χ1n) is 11.0. The highest BCUT2D eigenvalue weighted by atomic mass is 19.1. The van der Waals surface area contributed by atoms with Crippen molar-refractivity contribution >= 4 is 17.5 Å². The van der Waals surface area contributed by atoms with Gasteiger partial charge in [-0.2, -0.15) is 0 Å². The number of rotatable bonds is 6. The Morgan fingerprint density at radius 2 is 1.72 bits per heavy atom. The first-order valence-corrected chi connectivity index (χ1v) is 11.0. The van der Waals surface area contributed by atoms with E-state index in [0.717, 1.165) is 25.7 Å². The quantitative estimate of drug-likeness (QED) is 0.790. The summed E-state index contributed by atoms with van der Waals surface area (Å²) < 4.78 is 14.1. The van der Waals surface area contributed by atoms with E-state index in [-0.39, 0.29) is 23.5 Å². The van der Waals surface area contributed by atoms with Crippen LogP contribution in [0, 0.1) is 17.7 Å². The molecule has 1 N–H and O–H groups in total. The van der Waals surface area contributed by atoms with Gasteiger partial charge in [0.25, 0.3) is 0 Å². The van der Waals surface area contributed by atoms with Crippen molar-refractivity contribution in [2.45, 2.75) is 58.4 Å². The summed E-state index contributed by atoms with van der Waals surface area (Å²) in [5.74, 6) is 0.161. The predicted molar refractivity (Wildman–Crippen MR) is 113 cm³/mol.